The Kier molecular flexibility index (Phi) is 10.2. The SMILES string of the molecule is Fc1ccc2c(c1)C1(C3=C(c4ccc(N(c5ccccc5)c5ccccc5-c5ccccc5)cc41)C1(c4cc(N(c5ccccc5)c5ccccc5-c5ccccc5)ccc43)c3ccccc3-c3ccc(F)cc31)c1ccccc1-2. The van der Waals surface area contributed by atoms with Crippen molar-refractivity contribution in [2.75, 3.05) is 9.80 Å². The first-order valence-corrected chi connectivity index (χ1v) is 27.4. The lowest BCUT2D eigenvalue weighted by atomic mass is 9.66. The van der Waals surface area contributed by atoms with Gasteiger partial charge >= 0.3 is 0 Å². The molecule has 2 atom stereocenters. The van der Waals surface area contributed by atoms with Gasteiger partial charge in [-0.05, 0) is 174 Å². The second-order valence-electron chi connectivity index (χ2n) is 21.3. The van der Waals surface area contributed by atoms with Gasteiger partial charge in [0.2, 0.25) is 0 Å². The highest BCUT2D eigenvalue weighted by atomic mass is 19.1. The first-order chi connectivity index (χ1) is 39.5. The molecule has 12 aromatic carbocycles. The molecule has 16 rings (SSSR count). The zero-order valence-electron chi connectivity index (χ0n) is 43.4. The Morgan fingerprint density at radius 2 is 0.537 bits per heavy atom. The minimum atomic E-state index is -1.03. The van der Waals surface area contributed by atoms with Gasteiger partial charge in [-0.25, -0.2) is 8.78 Å². The molecule has 0 saturated carbocycles. The van der Waals surface area contributed by atoms with Crippen molar-refractivity contribution >= 4 is 45.3 Å². The molecule has 2 spiro atoms. The van der Waals surface area contributed by atoms with Crippen LogP contribution in [0, 0.1) is 11.6 Å². The number of nitrogens with zero attached hydrogens (tertiary/aromatic N) is 2. The number of rotatable bonds is 8. The van der Waals surface area contributed by atoms with E-state index in [4.69, 9.17) is 0 Å². The van der Waals surface area contributed by atoms with E-state index in [-0.39, 0.29) is 11.6 Å². The van der Waals surface area contributed by atoms with Crippen molar-refractivity contribution < 1.29 is 8.78 Å². The second kappa shape index (κ2) is 17.7. The molecule has 0 heterocycles. The van der Waals surface area contributed by atoms with E-state index in [2.05, 4.69) is 265 Å². The molecule has 4 aliphatic rings. The molecular weight excluding hydrogens is 979 g/mol. The first kappa shape index (κ1) is 46.0. The van der Waals surface area contributed by atoms with Crippen molar-refractivity contribution in [2.45, 2.75) is 10.8 Å². The van der Waals surface area contributed by atoms with E-state index in [1.165, 1.54) is 0 Å². The van der Waals surface area contributed by atoms with Crippen molar-refractivity contribution in [3.63, 3.8) is 0 Å². The van der Waals surface area contributed by atoms with Gasteiger partial charge in [0.25, 0.3) is 0 Å². The minimum absolute atomic E-state index is 0.303. The van der Waals surface area contributed by atoms with Crippen LogP contribution in [0.3, 0.4) is 0 Å². The Morgan fingerprint density at radius 3 is 0.950 bits per heavy atom. The minimum Gasteiger partial charge on any atom is -0.310 e. The molecule has 0 aromatic heterocycles. The fraction of sp³-hybridized carbons (Fsp3) is 0.0263. The molecular formula is C76H48F2N2. The molecule has 0 radical (unpaired) electrons. The molecule has 0 saturated heterocycles. The summed E-state index contributed by atoms with van der Waals surface area (Å²) in [5.74, 6) is -0.606. The van der Waals surface area contributed by atoms with Crippen LogP contribution in [-0.2, 0) is 10.8 Å². The number of benzene rings is 12. The summed E-state index contributed by atoms with van der Waals surface area (Å²) in [4.78, 5) is 4.73. The number of para-hydroxylation sites is 4. The molecule has 0 aliphatic heterocycles. The highest BCUT2D eigenvalue weighted by Gasteiger charge is 2.64. The molecule has 0 fully saturated rings. The smallest absolute Gasteiger partial charge is 0.123 e. The van der Waals surface area contributed by atoms with Crippen LogP contribution in [0.1, 0.15) is 44.5 Å². The lowest BCUT2D eigenvalue weighted by Crippen LogP contribution is -2.29. The Hall–Kier alpha value is -10.2. The van der Waals surface area contributed by atoms with Crippen LogP contribution in [0.25, 0.3) is 55.7 Å². The third-order valence-corrected chi connectivity index (χ3v) is 17.4. The fourth-order valence-electron chi connectivity index (χ4n) is 14.4. The average molecular weight is 1030 g/mol. The summed E-state index contributed by atoms with van der Waals surface area (Å²) in [5, 5.41) is 0. The van der Waals surface area contributed by atoms with Crippen LogP contribution >= 0.6 is 0 Å². The van der Waals surface area contributed by atoms with Crippen molar-refractivity contribution in [1.29, 1.82) is 0 Å². The maximum Gasteiger partial charge on any atom is 0.123 e. The molecule has 376 valence electrons. The van der Waals surface area contributed by atoms with Gasteiger partial charge in [-0.2, -0.15) is 0 Å². The van der Waals surface area contributed by atoms with E-state index in [9.17, 15) is 0 Å². The predicted molar refractivity (Wildman–Crippen MR) is 323 cm³/mol. The van der Waals surface area contributed by atoms with Crippen molar-refractivity contribution in [3.8, 4) is 44.5 Å². The fourth-order valence-corrected chi connectivity index (χ4v) is 14.4. The molecule has 12 aromatic rings. The predicted octanol–water partition coefficient (Wildman–Crippen LogP) is 19.8. The standard InChI is InChI=1S/C76H48F2N2/c77-51-37-41-61-59-31-13-17-33-65(59)75(67(61)45-51)69-47-55(79(53-25-9-3-10-26-53)71-35-19-15-29-57(71)49-21-5-1-6-22-49)39-43-63(69)73-74(75)64-44-40-56(48-70(64)76(73)66-34-18-14-32-60(66)62-42-38-52(78)46-68(62)76)80(54-27-11-4-12-28-54)72-36-20-16-30-58(72)50-23-7-2-8-24-50/h1-48H. The highest BCUT2D eigenvalue weighted by Crippen LogP contribution is 2.75. The Bertz CT molecular complexity index is 4220. The summed E-state index contributed by atoms with van der Waals surface area (Å²) in [7, 11) is 0. The molecule has 0 amide bonds. The Morgan fingerprint density at radius 1 is 0.225 bits per heavy atom. The third-order valence-electron chi connectivity index (χ3n) is 17.4. The molecule has 80 heavy (non-hydrogen) atoms. The van der Waals surface area contributed by atoms with Gasteiger partial charge in [-0.1, -0.05) is 206 Å². The summed E-state index contributed by atoms with van der Waals surface area (Å²) in [6.07, 6.45) is 0. The van der Waals surface area contributed by atoms with Crippen LogP contribution in [0.4, 0.5) is 42.9 Å². The van der Waals surface area contributed by atoms with Gasteiger partial charge < -0.3 is 9.80 Å². The number of anilines is 6. The van der Waals surface area contributed by atoms with Crippen molar-refractivity contribution in [2.24, 2.45) is 0 Å². The van der Waals surface area contributed by atoms with Crippen LogP contribution in [0.2, 0.25) is 0 Å². The molecule has 0 bridgehead atoms. The molecule has 2 unspecified atom stereocenters. The largest absolute Gasteiger partial charge is 0.310 e. The number of hydrogen-bond donors (Lipinski definition) is 0. The molecule has 4 aliphatic carbocycles. The summed E-state index contributed by atoms with van der Waals surface area (Å²) in [5.41, 5.74) is 22.7. The zero-order chi connectivity index (χ0) is 53.1. The maximum absolute atomic E-state index is 16.8. The van der Waals surface area contributed by atoms with Crippen LogP contribution in [0.5, 0.6) is 0 Å². The highest BCUT2D eigenvalue weighted by molar-refractivity contribution is 6.20. The van der Waals surface area contributed by atoms with Gasteiger partial charge in [0.05, 0.1) is 22.2 Å². The first-order valence-electron chi connectivity index (χ1n) is 27.4. The monoisotopic (exact) mass is 1030 g/mol. The van der Waals surface area contributed by atoms with Gasteiger partial charge in [-0.15, -0.1) is 0 Å². The lowest BCUT2D eigenvalue weighted by molar-refractivity contribution is 0.623. The summed E-state index contributed by atoms with van der Waals surface area (Å²) in [6.45, 7) is 0. The Labute approximate surface area is 464 Å². The zero-order valence-corrected chi connectivity index (χ0v) is 43.4. The van der Waals surface area contributed by atoms with E-state index in [0.29, 0.717) is 0 Å². The number of fused-ring (bicyclic) bond motifs is 18. The van der Waals surface area contributed by atoms with Gasteiger partial charge in [0.15, 0.2) is 0 Å². The number of halogens is 2. The third kappa shape index (κ3) is 6.39. The summed E-state index contributed by atoms with van der Waals surface area (Å²) < 4.78 is 33.5. The quantitative estimate of drug-likeness (QED) is 0.150. The summed E-state index contributed by atoms with van der Waals surface area (Å²) >= 11 is 0. The van der Waals surface area contributed by atoms with Crippen molar-refractivity contribution in [3.05, 3.63) is 347 Å². The Balaban J connectivity index is 1.03. The maximum atomic E-state index is 16.8. The average Bonchev–Trinajstić information content (AvgIpc) is 4.01. The van der Waals surface area contributed by atoms with E-state index >= 15 is 8.78 Å². The lowest BCUT2D eigenvalue weighted by Gasteiger charge is -2.37. The second-order valence-corrected chi connectivity index (χ2v) is 21.3. The molecule has 0 N–H and O–H groups in total. The summed E-state index contributed by atoms with van der Waals surface area (Å²) in [6, 6.07) is 101. The van der Waals surface area contributed by atoms with Crippen LogP contribution in [-0.4, -0.2) is 0 Å². The van der Waals surface area contributed by atoms with Crippen LogP contribution < -0.4 is 9.80 Å². The normalized spacial score (nSPS) is 16.4. The topological polar surface area (TPSA) is 6.48 Å². The van der Waals surface area contributed by atoms with Gasteiger partial charge in [-0.3, -0.25) is 0 Å². The number of allylic oxidation sites excluding steroid dienone is 2. The van der Waals surface area contributed by atoms with Crippen molar-refractivity contribution in [1.82, 2.24) is 0 Å². The van der Waals surface area contributed by atoms with Gasteiger partial charge in [0.1, 0.15) is 11.6 Å². The van der Waals surface area contributed by atoms with E-state index < -0.39 is 10.8 Å². The van der Waals surface area contributed by atoms with E-state index in [1.54, 1.807) is 24.3 Å². The molecule has 2 nitrogen and oxygen atoms in total. The van der Waals surface area contributed by atoms with Crippen LogP contribution in [0.15, 0.2) is 291 Å². The van der Waals surface area contributed by atoms with E-state index in [1.807, 2.05) is 12.1 Å². The van der Waals surface area contributed by atoms with Gasteiger partial charge in [0, 0.05) is 33.9 Å². The number of hydrogen-bond acceptors (Lipinski definition) is 2. The molecule has 4 heteroatoms. The van der Waals surface area contributed by atoms with E-state index in [0.717, 1.165) is 134 Å².